The van der Waals surface area contributed by atoms with E-state index in [-0.39, 0.29) is 24.3 Å². The molecule has 6 heteroatoms. The van der Waals surface area contributed by atoms with Gasteiger partial charge >= 0.3 is 5.97 Å². The summed E-state index contributed by atoms with van der Waals surface area (Å²) >= 11 is 6.45. The summed E-state index contributed by atoms with van der Waals surface area (Å²) in [5.41, 5.74) is 6.67. The van der Waals surface area contributed by atoms with Gasteiger partial charge in [0.15, 0.2) is 0 Å². The number of halogens is 1. The van der Waals surface area contributed by atoms with E-state index in [1.807, 2.05) is 42.5 Å². The Labute approximate surface area is 233 Å². The molecule has 0 saturated carbocycles. The molecular formula is C33H29ClN2O3. The highest BCUT2D eigenvalue weighted by Crippen LogP contribution is 2.37. The summed E-state index contributed by atoms with van der Waals surface area (Å²) in [7, 11) is 1.35. The topological polar surface area (TPSA) is 60.3 Å². The second kappa shape index (κ2) is 11.6. The summed E-state index contributed by atoms with van der Waals surface area (Å²) in [5, 5.41) is 4.62. The fourth-order valence-corrected chi connectivity index (χ4v) is 5.27. The van der Waals surface area contributed by atoms with E-state index in [1.165, 1.54) is 7.11 Å². The zero-order valence-electron chi connectivity index (χ0n) is 21.9. The van der Waals surface area contributed by atoms with E-state index in [9.17, 15) is 9.59 Å². The Bertz CT molecular complexity index is 1570. The van der Waals surface area contributed by atoms with Gasteiger partial charge in [-0.25, -0.2) is 4.79 Å². The molecule has 0 fully saturated rings. The van der Waals surface area contributed by atoms with Crippen molar-refractivity contribution in [2.75, 3.05) is 7.11 Å². The van der Waals surface area contributed by atoms with E-state index in [2.05, 4.69) is 65.3 Å². The Morgan fingerprint density at radius 3 is 2.08 bits per heavy atom. The summed E-state index contributed by atoms with van der Waals surface area (Å²) < 4.78 is 7.06. The molecule has 1 amide bonds. The van der Waals surface area contributed by atoms with Gasteiger partial charge in [0.25, 0.3) is 0 Å². The van der Waals surface area contributed by atoms with Crippen LogP contribution in [0, 0.1) is 6.92 Å². The molecule has 0 spiro atoms. The van der Waals surface area contributed by atoms with Crippen LogP contribution in [0.1, 0.15) is 44.3 Å². The predicted octanol–water partition coefficient (Wildman–Crippen LogP) is 6.89. The van der Waals surface area contributed by atoms with E-state index in [1.54, 1.807) is 12.1 Å². The number of hydrogen-bond acceptors (Lipinski definition) is 3. The van der Waals surface area contributed by atoms with Crippen molar-refractivity contribution < 1.29 is 14.3 Å². The first kappa shape index (κ1) is 26.3. The molecule has 0 unspecified atom stereocenters. The predicted molar refractivity (Wildman–Crippen MR) is 155 cm³/mol. The molecule has 5 nitrogen and oxygen atoms in total. The van der Waals surface area contributed by atoms with Crippen molar-refractivity contribution >= 4 is 34.4 Å². The van der Waals surface area contributed by atoms with Crippen LogP contribution < -0.4 is 5.32 Å². The Morgan fingerprint density at radius 2 is 1.49 bits per heavy atom. The van der Waals surface area contributed by atoms with Crippen molar-refractivity contribution in [3.8, 4) is 0 Å². The van der Waals surface area contributed by atoms with Crippen molar-refractivity contribution in [1.82, 2.24) is 9.88 Å². The van der Waals surface area contributed by atoms with Crippen LogP contribution in [0.4, 0.5) is 0 Å². The molecule has 39 heavy (non-hydrogen) atoms. The first-order chi connectivity index (χ1) is 19.0. The lowest BCUT2D eigenvalue weighted by molar-refractivity contribution is -0.120. The van der Waals surface area contributed by atoms with Crippen LogP contribution in [0.25, 0.3) is 10.9 Å². The van der Waals surface area contributed by atoms with Crippen LogP contribution in [-0.4, -0.2) is 23.6 Å². The molecule has 1 heterocycles. The van der Waals surface area contributed by atoms with Gasteiger partial charge in [0, 0.05) is 28.2 Å². The lowest BCUT2D eigenvalue weighted by atomic mass is 9.98. The molecule has 5 rings (SSSR count). The molecule has 1 N–H and O–H groups in total. The summed E-state index contributed by atoms with van der Waals surface area (Å²) in [6.07, 6.45) is 0.215. The maximum absolute atomic E-state index is 13.2. The fourth-order valence-electron chi connectivity index (χ4n) is 5.10. The number of rotatable bonds is 8. The van der Waals surface area contributed by atoms with Crippen molar-refractivity contribution in [3.05, 3.63) is 142 Å². The van der Waals surface area contributed by atoms with Gasteiger partial charge in [-0.15, -0.1) is 0 Å². The smallest absolute Gasteiger partial charge is 0.337 e. The van der Waals surface area contributed by atoms with Gasteiger partial charge in [-0.05, 0) is 59.5 Å². The minimum atomic E-state index is -0.388. The van der Waals surface area contributed by atoms with Gasteiger partial charge in [-0.2, -0.15) is 0 Å². The summed E-state index contributed by atoms with van der Waals surface area (Å²) in [4.78, 5) is 24.9. The van der Waals surface area contributed by atoms with Crippen molar-refractivity contribution in [2.45, 2.75) is 25.9 Å². The molecule has 0 aliphatic heterocycles. The molecule has 0 atom stereocenters. The normalized spacial score (nSPS) is 11.1. The highest BCUT2D eigenvalue weighted by molar-refractivity contribution is 6.31. The average Bonchev–Trinajstić information content (AvgIpc) is 3.23. The van der Waals surface area contributed by atoms with E-state index >= 15 is 0 Å². The molecule has 4 aromatic carbocycles. The van der Waals surface area contributed by atoms with E-state index in [4.69, 9.17) is 16.3 Å². The third-order valence-corrected chi connectivity index (χ3v) is 7.27. The van der Waals surface area contributed by atoms with Gasteiger partial charge in [-0.1, -0.05) is 84.4 Å². The van der Waals surface area contributed by atoms with Crippen LogP contribution >= 0.6 is 11.6 Å². The Hall–Kier alpha value is -4.35. The monoisotopic (exact) mass is 536 g/mol. The molecule has 0 saturated heterocycles. The highest BCUT2D eigenvalue weighted by Gasteiger charge is 2.24. The summed E-state index contributed by atoms with van der Waals surface area (Å²) in [6, 6.07) is 33.6. The lowest BCUT2D eigenvalue weighted by Crippen LogP contribution is -2.25. The molecular weight excluding hydrogens is 508 g/mol. The van der Waals surface area contributed by atoms with Crippen LogP contribution in [0.15, 0.2) is 103 Å². The largest absolute Gasteiger partial charge is 0.465 e. The minimum Gasteiger partial charge on any atom is -0.465 e. The number of nitrogens with one attached hydrogen (secondary N) is 1. The second-order valence-corrected chi connectivity index (χ2v) is 9.90. The maximum Gasteiger partial charge on any atom is 0.337 e. The van der Waals surface area contributed by atoms with E-state index < -0.39 is 0 Å². The zero-order valence-corrected chi connectivity index (χ0v) is 22.6. The highest BCUT2D eigenvalue weighted by atomic mass is 35.5. The number of ether oxygens (including phenoxy) is 1. The lowest BCUT2D eigenvalue weighted by Gasteiger charge is -2.23. The third kappa shape index (κ3) is 5.59. The number of aromatic nitrogens is 1. The van der Waals surface area contributed by atoms with Crippen molar-refractivity contribution in [3.63, 3.8) is 0 Å². The number of benzene rings is 4. The van der Waals surface area contributed by atoms with Gasteiger partial charge < -0.3 is 14.6 Å². The molecule has 1 aromatic heterocycles. The number of carbonyl (C=O) groups excluding carboxylic acids is 2. The minimum absolute atomic E-state index is 0.0683. The van der Waals surface area contributed by atoms with Crippen LogP contribution in [-0.2, 0) is 22.5 Å². The number of hydrogen-bond donors (Lipinski definition) is 1. The number of methoxy groups -OCH3 is 1. The number of fused-ring (bicyclic) bond motifs is 1. The van der Waals surface area contributed by atoms with Crippen molar-refractivity contribution in [2.24, 2.45) is 0 Å². The van der Waals surface area contributed by atoms with Crippen LogP contribution in [0.2, 0.25) is 5.02 Å². The first-order valence-electron chi connectivity index (χ1n) is 12.8. The number of nitrogens with zero attached hydrogens (tertiary/aromatic N) is 1. The molecule has 196 valence electrons. The number of esters is 1. The Balaban J connectivity index is 1.48. The third-order valence-electron chi connectivity index (χ3n) is 7.03. The van der Waals surface area contributed by atoms with Crippen molar-refractivity contribution in [1.29, 1.82) is 0 Å². The molecule has 0 radical (unpaired) electrons. The SMILES string of the molecule is COC(=O)c1ccc(CNC(=O)Cc2c(C)n(C(c3ccccc3)c3ccccc3)c3ccc(Cl)cc23)cc1. The Morgan fingerprint density at radius 1 is 0.872 bits per heavy atom. The zero-order chi connectivity index (χ0) is 27.4. The average molecular weight is 537 g/mol. The molecule has 0 aliphatic rings. The van der Waals surface area contributed by atoms with E-state index in [0.29, 0.717) is 17.1 Å². The maximum atomic E-state index is 13.2. The number of amides is 1. The molecule has 0 bridgehead atoms. The Kier molecular flexibility index (Phi) is 7.80. The van der Waals surface area contributed by atoms with Crippen LogP contribution in [0.3, 0.4) is 0 Å². The van der Waals surface area contributed by atoms with Gasteiger partial charge in [0.1, 0.15) is 0 Å². The van der Waals surface area contributed by atoms with Gasteiger partial charge in [0.2, 0.25) is 5.91 Å². The van der Waals surface area contributed by atoms with Crippen LogP contribution in [0.5, 0.6) is 0 Å². The quantitative estimate of drug-likeness (QED) is 0.220. The van der Waals surface area contributed by atoms with Gasteiger partial charge in [0.05, 0.1) is 25.1 Å². The molecule has 0 aliphatic carbocycles. The summed E-state index contributed by atoms with van der Waals surface area (Å²) in [6.45, 7) is 2.43. The van der Waals surface area contributed by atoms with E-state index in [0.717, 1.165) is 38.9 Å². The molecule has 5 aromatic rings. The standard InChI is InChI=1S/C33H29ClN2O3/c1-22-28(20-31(37)35-21-23-13-15-26(16-14-23)33(38)39-2)29-19-27(34)17-18-30(29)36(22)32(24-9-5-3-6-10-24)25-11-7-4-8-12-25/h3-19,32H,20-21H2,1-2H3,(H,35,37). The summed E-state index contributed by atoms with van der Waals surface area (Å²) in [5.74, 6) is -0.481. The number of carbonyl (C=O) groups is 2. The second-order valence-electron chi connectivity index (χ2n) is 9.46. The fraction of sp³-hybridized carbons (Fsp3) is 0.152. The first-order valence-corrected chi connectivity index (χ1v) is 13.2. The van der Waals surface area contributed by atoms with Gasteiger partial charge in [-0.3, -0.25) is 4.79 Å².